The first-order valence-electron chi connectivity index (χ1n) is 7.59. The van der Waals surface area contributed by atoms with E-state index in [0.717, 1.165) is 4.90 Å². The number of amides is 1. The van der Waals surface area contributed by atoms with Crippen molar-refractivity contribution in [3.05, 3.63) is 12.4 Å². The smallest absolute Gasteiger partial charge is 0.330 e. The Bertz CT molecular complexity index is 793. The third-order valence-corrected chi connectivity index (χ3v) is 6.85. The van der Waals surface area contributed by atoms with Crippen molar-refractivity contribution in [1.82, 2.24) is 19.9 Å². The summed E-state index contributed by atoms with van der Waals surface area (Å²) in [6.07, 6.45) is 2.50. The molecule has 1 amide bonds. The number of hydrogen-bond donors (Lipinski definition) is 0. The molecule has 21 heavy (non-hydrogen) atoms. The molecule has 3 heterocycles. The first-order chi connectivity index (χ1) is 11.0. The van der Waals surface area contributed by atoms with E-state index in [1.165, 1.54) is 24.0 Å². The van der Waals surface area contributed by atoms with Crippen molar-refractivity contribution in [3.8, 4) is 0 Å². The van der Waals surface area contributed by atoms with Crippen LogP contribution in [0, 0.1) is 0 Å². The van der Waals surface area contributed by atoms with Crippen LogP contribution >= 0.6 is 0 Å². The fourth-order valence-corrected chi connectivity index (χ4v) is 5.32. The Balaban J connectivity index is 2.04. The van der Waals surface area contributed by atoms with E-state index in [4.69, 9.17) is 4.11 Å². The highest BCUT2D eigenvalue weighted by molar-refractivity contribution is 7.93. The summed E-state index contributed by atoms with van der Waals surface area (Å²) in [5.74, 6) is -1.82. The Kier molecular flexibility index (Phi) is 2.17. The molecule has 0 unspecified atom stereocenters. The van der Waals surface area contributed by atoms with E-state index < -0.39 is 44.9 Å². The lowest BCUT2D eigenvalue weighted by Gasteiger charge is -2.36. The van der Waals surface area contributed by atoms with Gasteiger partial charge >= 0.3 is 5.97 Å². The molecule has 0 spiro atoms. The maximum Gasteiger partial charge on any atom is 0.330 e. The maximum atomic E-state index is 12.8. The van der Waals surface area contributed by atoms with E-state index >= 15 is 0 Å². The van der Waals surface area contributed by atoms with Crippen molar-refractivity contribution in [3.63, 3.8) is 0 Å². The number of aromatic nitrogens is 3. The number of ether oxygens (including phenoxy) is 1. The van der Waals surface area contributed by atoms with E-state index in [1.54, 1.807) is 0 Å². The van der Waals surface area contributed by atoms with Gasteiger partial charge in [0.15, 0.2) is 15.9 Å². The van der Waals surface area contributed by atoms with Crippen molar-refractivity contribution in [1.29, 1.82) is 0 Å². The predicted molar refractivity (Wildman–Crippen MR) is 68.4 cm³/mol. The molecule has 9 nitrogen and oxygen atoms in total. The molecule has 1 aromatic rings. The topological polar surface area (TPSA) is 111 Å². The summed E-state index contributed by atoms with van der Waals surface area (Å²) in [4.78, 5) is 25.1. The normalized spacial score (nSPS) is 36.1. The monoisotopic (exact) mass is 318 g/mol. The van der Waals surface area contributed by atoms with Crippen LogP contribution in [0.3, 0.4) is 0 Å². The lowest BCUT2D eigenvalue weighted by molar-refractivity contribution is -0.159. The third-order valence-electron chi connectivity index (χ3n) is 4.08. The van der Waals surface area contributed by atoms with E-state index in [9.17, 15) is 18.0 Å². The Morgan fingerprint density at radius 1 is 1.67 bits per heavy atom. The number of esters is 1. The fourth-order valence-electron chi connectivity index (χ4n) is 2.97. The van der Waals surface area contributed by atoms with Crippen LogP contribution in [0.5, 0.6) is 0 Å². The second-order valence-corrected chi connectivity index (χ2v) is 7.81. The van der Waals surface area contributed by atoms with Crippen LogP contribution in [0.1, 0.15) is 17.5 Å². The highest BCUT2D eigenvalue weighted by atomic mass is 32.2. The summed E-state index contributed by atoms with van der Waals surface area (Å²) in [5.41, 5.74) is 0. The average Bonchev–Trinajstić information content (AvgIpc) is 2.95. The molecule has 0 aromatic carbocycles. The predicted octanol–water partition coefficient (Wildman–Crippen LogP) is -1.43. The Morgan fingerprint density at radius 3 is 3.00 bits per heavy atom. The lowest BCUT2D eigenvalue weighted by Crippen LogP contribution is -2.58. The van der Waals surface area contributed by atoms with E-state index in [1.807, 2.05) is 0 Å². The number of sulfone groups is 1. The summed E-state index contributed by atoms with van der Waals surface area (Å²) in [6.45, 7) is 1.01. The highest BCUT2D eigenvalue weighted by Gasteiger charge is 2.70. The molecule has 114 valence electrons. The van der Waals surface area contributed by atoms with Crippen LogP contribution < -0.4 is 0 Å². The third kappa shape index (κ3) is 1.65. The molecular formula is C11H14N4O5S. The Labute approximate surface area is 125 Å². The van der Waals surface area contributed by atoms with Gasteiger partial charge in [0, 0.05) is 6.20 Å². The van der Waals surface area contributed by atoms with Crippen LogP contribution in [0.2, 0.25) is 0 Å². The van der Waals surface area contributed by atoms with Gasteiger partial charge in [-0.15, -0.1) is 5.10 Å². The van der Waals surface area contributed by atoms with Crippen LogP contribution in [0.4, 0.5) is 0 Å². The second kappa shape index (κ2) is 4.26. The number of carbonyl (C=O) groups excluding carboxylic acids is 2. The minimum Gasteiger partial charge on any atom is -0.467 e. The SMILES string of the molecule is [2H][13C]([2H])([2H])OC(=O)[C@@H]1N2C(=O)C[C@H]2S(=O)(=O)[C@@]1(C)Cn1ccnn1. The number of β-lactam (4-membered cyclic amide) rings is 1. The van der Waals surface area contributed by atoms with E-state index in [-0.39, 0.29) is 13.0 Å². The van der Waals surface area contributed by atoms with Crippen molar-refractivity contribution in [2.75, 3.05) is 7.04 Å². The first-order valence-corrected chi connectivity index (χ1v) is 7.63. The maximum absolute atomic E-state index is 12.8. The average molecular weight is 318 g/mol. The fraction of sp³-hybridized carbons (Fsp3) is 0.636. The number of hydrogen-bond acceptors (Lipinski definition) is 7. The van der Waals surface area contributed by atoms with E-state index in [2.05, 4.69) is 15.0 Å². The molecule has 2 aliphatic heterocycles. The molecule has 10 heteroatoms. The van der Waals surface area contributed by atoms with Crippen molar-refractivity contribution in [2.45, 2.75) is 36.1 Å². The van der Waals surface area contributed by atoms with Gasteiger partial charge in [0.1, 0.15) is 10.1 Å². The minimum atomic E-state index is -3.95. The zero-order valence-electron chi connectivity index (χ0n) is 14.0. The van der Waals surface area contributed by atoms with Crippen LogP contribution in [-0.4, -0.2) is 63.4 Å². The van der Waals surface area contributed by atoms with Crippen LogP contribution in [0.15, 0.2) is 12.4 Å². The first kappa shape index (κ1) is 10.7. The Morgan fingerprint density at radius 2 is 2.43 bits per heavy atom. The Hall–Kier alpha value is -1.97. The molecular weight excluding hydrogens is 301 g/mol. The van der Waals surface area contributed by atoms with Gasteiger partial charge in [-0.1, -0.05) is 5.21 Å². The number of methoxy groups -OCH3 is 1. The summed E-state index contributed by atoms with van der Waals surface area (Å²) in [5, 5.41) is 6.10. The highest BCUT2D eigenvalue weighted by Crippen LogP contribution is 2.47. The second-order valence-electron chi connectivity index (χ2n) is 5.24. The number of rotatable bonds is 3. The van der Waals surface area contributed by atoms with Gasteiger partial charge in [-0.25, -0.2) is 13.2 Å². The summed E-state index contributed by atoms with van der Waals surface area (Å²) in [6, 6.07) is -1.56. The van der Waals surface area contributed by atoms with Gasteiger partial charge in [0.2, 0.25) is 5.91 Å². The molecule has 0 saturated carbocycles. The van der Waals surface area contributed by atoms with Crippen molar-refractivity contribution >= 4 is 21.7 Å². The van der Waals surface area contributed by atoms with Crippen LogP contribution in [0.25, 0.3) is 0 Å². The molecule has 0 aliphatic carbocycles. The molecule has 3 rings (SSSR count). The van der Waals surface area contributed by atoms with Crippen molar-refractivity contribution in [2.24, 2.45) is 0 Å². The standard InChI is InChI=1S/C11H14N4O5S/c1-11(6-14-4-3-12-13-14)9(10(17)20-2)15-7(16)5-8(15)21(11,18)19/h3-4,8-9H,5-6H2,1-2H3/t8-,9+,11+/m1/s1/i2+1D3. The van der Waals surface area contributed by atoms with Gasteiger partial charge in [0.05, 0.1) is 30.3 Å². The molecule has 2 saturated heterocycles. The van der Waals surface area contributed by atoms with Crippen LogP contribution in [-0.2, 0) is 30.7 Å². The summed E-state index contributed by atoms with van der Waals surface area (Å²) >= 11 is 0. The molecule has 2 aliphatic rings. The van der Waals surface area contributed by atoms with Crippen molar-refractivity contribution < 1.29 is 26.9 Å². The number of nitrogens with zero attached hydrogens (tertiary/aromatic N) is 4. The molecule has 1 aromatic heterocycles. The zero-order chi connectivity index (χ0) is 17.9. The quantitative estimate of drug-likeness (QED) is 0.381. The van der Waals surface area contributed by atoms with Gasteiger partial charge < -0.3 is 9.64 Å². The lowest BCUT2D eigenvalue weighted by atomic mass is 9.96. The minimum absolute atomic E-state index is 0.243. The molecule has 0 N–H and O–H groups in total. The molecule has 3 atom stereocenters. The molecule has 2 fully saturated rings. The summed E-state index contributed by atoms with van der Waals surface area (Å²) in [7, 11) is -7.00. The largest absolute Gasteiger partial charge is 0.467 e. The summed E-state index contributed by atoms with van der Waals surface area (Å²) < 4.78 is 50.6. The van der Waals surface area contributed by atoms with Gasteiger partial charge in [-0.2, -0.15) is 0 Å². The van der Waals surface area contributed by atoms with Gasteiger partial charge in [-0.3, -0.25) is 9.48 Å². The van der Waals surface area contributed by atoms with Gasteiger partial charge in [0.25, 0.3) is 0 Å². The molecule has 0 bridgehead atoms. The molecule has 0 radical (unpaired) electrons. The zero-order valence-corrected chi connectivity index (χ0v) is 11.8. The van der Waals surface area contributed by atoms with Gasteiger partial charge in [-0.05, 0) is 6.92 Å². The number of carbonyl (C=O) groups is 2. The van der Waals surface area contributed by atoms with E-state index in [0.29, 0.717) is 0 Å². The number of fused-ring (bicyclic) bond motifs is 1.